The van der Waals surface area contributed by atoms with Crippen molar-refractivity contribution in [2.75, 3.05) is 5.32 Å². The Morgan fingerprint density at radius 1 is 0.906 bits per heavy atom. The minimum absolute atomic E-state index is 0.300. The molecule has 0 aliphatic rings. The molecule has 5 nitrogen and oxygen atoms in total. The maximum atomic E-state index is 13.4. The molecule has 0 aliphatic carbocycles. The van der Waals surface area contributed by atoms with E-state index < -0.39 is 12.0 Å². The molecular weight excluding hydrogens is 405 g/mol. The molecule has 4 aromatic rings. The molecule has 32 heavy (non-hydrogen) atoms. The second-order valence-electron chi connectivity index (χ2n) is 7.44. The predicted octanol–water partition coefficient (Wildman–Crippen LogP) is 4.98. The van der Waals surface area contributed by atoms with E-state index in [1.165, 1.54) is 12.1 Å². The van der Waals surface area contributed by atoms with Gasteiger partial charge in [-0.05, 0) is 23.3 Å². The standard InChI is InChI=1S/C26H22FN3O2/c27-21-13-11-19(12-14-21)15-22-25(28-17-24(29-22)20-9-5-2-6-10-20)30-23(26(31)32)16-18-7-3-1-4-8-18/h1-14,17,23H,15-16H2,(H,28,30)(H,31,32)/t23-/m0/s1. The molecule has 0 bridgehead atoms. The first-order valence-corrected chi connectivity index (χ1v) is 10.3. The normalized spacial score (nSPS) is 11.7. The molecule has 1 aromatic heterocycles. The van der Waals surface area contributed by atoms with E-state index in [2.05, 4.69) is 10.3 Å². The van der Waals surface area contributed by atoms with Gasteiger partial charge in [0.25, 0.3) is 0 Å². The van der Waals surface area contributed by atoms with E-state index in [1.54, 1.807) is 18.3 Å². The highest BCUT2D eigenvalue weighted by molar-refractivity contribution is 5.77. The highest BCUT2D eigenvalue weighted by Gasteiger charge is 2.21. The van der Waals surface area contributed by atoms with Crippen LogP contribution in [0.1, 0.15) is 16.8 Å². The van der Waals surface area contributed by atoms with Crippen molar-refractivity contribution in [3.63, 3.8) is 0 Å². The minimum atomic E-state index is -0.976. The summed E-state index contributed by atoms with van der Waals surface area (Å²) in [6, 6.07) is 24.4. The highest BCUT2D eigenvalue weighted by atomic mass is 19.1. The number of hydrogen-bond acceptors (Lipinski definition) is 4. The lowest BCUT2D eigenvalue weighted by molar-refractivity contribution is -0.137. The monoisotopic (exact) mass is 427 g/mol. The van der Waals surface area contributed by atoms with Gasteiger partial charge in [0.1, 0.15) is 17.7 Å². The number of nitrogens with one attached hydrogen (secondary N) is 1. The van der Waals surface area contributed by atoms with Crippen LogP contribution in [0.4, 0.5) is 10.2 Å². The van der Waals surface area contributed by atoms with E-state index in [9.17, 15) is 14.3 Å². The number of carboxylic acids is 1. The Morgan fingerprint density at radius 2 is 1.56 bits per heavy atom. The Morgan fingerprint density at radius 3 is 2.22 bits per heavy atom. The second-order valence-corrected chi connectivity index (χ2v) is 7.44. The van der Waals surface area contributed by atoms with Crippen molar-refractivity contribution in [2.24, 2.45) is 0 Å². The van der Waals surface area contributed by atoms with Gasteiger partial charge in [-0.3, -0.25) is 0 Å². The molecular formula is C26H22FN3O2. The zero-order valence-corrected chi connectivity index (χ0v) is 17.3. The van der Waals surface area contributed by atoms with E-state index in [1.807, 2.05) is 60.7 Å². The fourth-order valence-corrected chi connectivity index (χ4v) is 3.43. The smallest absolute Gasteiger partial charge is 0.326 e. The summed E-state index contributed by atoms with van der Waals surface area (Å²) in [6.45, 7) is 0. The third kappa shape index (κ3) is 5.35. The zero-order valence-electron chi connectivity index (χ0n) is 17.3. The van der Waals surface area contributed by atoms with Crippen LogP contribution in [0.15, 0.2) is 91.1 Å². The number of anilines is 1. The Kier molecular flexibility index (Phi) is 6.51. The third-order valence-electron chi connectivity index (χ3n) is 5.09. The van der Waals surface area contributed by atoms with Gasteiger partial charge in [-0.2, -0.15) is 0 Å². The molecule has 1 atom stereocenters. The lowest BCUT2D eigenvalue weighted by Gasteiger charge is -2.18. The molecule has 0 aliphatic heterocycles. The topological polar surface area (TPSA) is 75.1 Å². The molecule has 0 amide bonds. The van der Waals surface area contributed by atoms with Gasteiger partial charge in [-0.25, -0.2) is 19.2 Å². The average molecular weight is 427 g/mol. The van der Waals surface area contributed by atoms with Crippen molar-refractivity contribution in [3.8, 4) is 11.3 Å². The lowest BCUT2D eigenvalue weighted by Crippen LogP contribution is -2.32. The maximum absolute atomic E-state index is 13.4. The van der Waals surface area contributed by atoms with Crippen LogP contribution in [0.3, 0.4) is 0 Å². The van der Waals surface area contributed by atoms with Crippen molar-refractivity contribution in [1.29, 1.82) is 0 Å². The summed E-state index contributed by atoms with van der Waals surface area (Å²) in [4.78, 5) is 21.2. The molecule has 4 rings (SSSR count). The van der Waals surface area contributed by atoms with Crippen molar-refractivity contribution in [3.05, 3.63) is 114 Å². The maximum Gasteiger partial charge on any atom is 0.326 e. The first-order chi connectivity index (χ1) is 15.6. The van der Waals surface area contributed by atoms with Gasteiger partial charge < -0.3 is 10.4 Å². The van der Waals surface area contributed by atoms with Gasteiger partial charge in [0.15, 0.2) is 0 Å². The highest BCUT2D eigenvalue weighted by Crippen LogP contribution is 2.23. The van der Waals surface area contributed by atoms with Crippen LogP contribution < -0.4 is 5.32 Å². The van der Waals surface area contributed by atoms with Crippen LogP contribution in [0.25, 0.3) is 11.3 Å². The SMILES string of the molecule is O=C(O)[C@H](Cc1ccccc1)Nc1ncc(-c2ccccc2)nc1Cc1ccc(F)cc1. The summed E-state index contributed by atoms with van der Waals surface area (Å²) < 4.78 is 13.4. The number of hydrogen-bond donors (Lipinski definition) is 2. The quantitative estimate of drug-likeness (QED) is 0.415. The Bertz CT molecular complexity index is 1180. The van der Waals surface area contributed by atoms with Gasteiger partial charge in [-0.15, -0.1) is 0 Å². The van der Waals surface area contributed by atoms with Crippen LogP contribution in [0, 0.1) is 5.82 Å². The number of carbonyl (C=O) groups is 1. The molecule has 0 radical (unpaired) electrons. The van der Waals surface area contributed by atoms with Gasteiger partial charge in [-0.1, -0.05) is 72.8 Å². The molecule has 0 fully saturated rings. The van der Waals surface area contributed by atoms with Crippen LogP contribution in [0.5, 0.6) is 0 Å². The fraction of sp³-hybridized carbons (Fsp3) is 0.115. The molecule has 0 saturated carbocycles. The number of carboxylic acid groups (broad SMARTS) is 1. The summed E-state index contributed by atoms with van der Waals surface area (Å²) in [5, 5.41) is 12.8. The van der Waals surface area contributed by atoms with Crippen molar-refractivity contribution < 1.29 is 14.3 Å². The second kappa shape index (κ2) is 9.83. The Hall–Kier alpha value is -4.06. The number of aromatic nitrogens is 2. The van der Waals surface area contributed by atoms with Gasteiger partial charge in [0, 0.05) is 18.4 Å². The number of nitrogens with zero attached hydrogens (tertiary/aromatic N) is 2. The van der Waals surface area contributed by atoms with Crippen LogP contribution in [-0.2, 0) is 17.6 Å². The summed E-state index contributed by atoms with van der Waals surface area (Å²) >= 11 is 0. The van der Waals surface area contributed by atoms with Crippen LogP contribution in [-0.4, -0.2) is 27.1 Å². The third-order valence-corrected chi connectivity index (χ3v) is 5.09. The minimum Gasteiger partial charge on any atom is -0.480 e. The number of halogens is 1. The summed E-state index contributed by atoms with van der Waals surface area (Å²) in [7, 11) is 0. The predicted molar refractivity (Wildman–Crippen MR) is 122 cm³/mol. The first-order valence-electron chi connectivity index (χ1n) is 10.3. The number of aliphatic carboxylic acids is 1. The molecule has 6 heteroatoms. The van der Waals surface area contributed by atoms with Crippen molar-refractivity contribution in [1.82, 2.24) is 9.97 Å². The van der Waals surface area contributed by atoms with Gasteiger partial charge in [0.05, 0.1) is 17.6 Å². The van der Waals surface area contributed by atoms with Crippen molar-refractivity contribution in [2.45, 2.75) is 18.9 Å². The van der Waals surface area contributed by atoms with Crippen LogP contribution >= 0.6 is 0 Å². The van der Waals surface area contributed by atoms with Crippen LogP contribution in [0.2, 0.25) is 0 Å². The Labute approximate surface area is 185 Å². The summed E-state index contributed by atoms with van der Waals surface area (Å²) in [6.07, 6.45) is 2.31. The average Bonchev–Trinajstić information content (AvgIpc) is 2.82. The fourth-order valence-electron chi connectivity index (χ4n) is 3.43. The largest absolute Gasteiger partial charge is 0.480 e. The lowest BCUT2D eigenvalue weighted by atomic mass is 10.1. The number of rotatable bonds is 8. The Balaban J connectivity index is 1.67. The molecule has 0 saturated heterocycles. The van der Waals surface area contributed by atoms with E-state index >= 15 is 0 Å². The molecule has 1 heterocycles. The molecule has 0 spiro atoms. The first kappa shape index (κ1) is 21.2. The zero-order chi connectivity index (χ0) is 22.3. The molecule has 2 N–H and O–H groups in total. The van der Waals surface area contributed by atoms with E-state index in [-0.39, 0.29) is 5.82 Å². The van der Waals surface area contributed by atoms with Crippen molar-refractivity contribution >= 4 is 11.8 Å². The van der Waals surface area contributed by atoms with Gasteiger partial charge in [0.2, 0.25) is 0 Å². The molecule has 0 unspecified atom stereocenters. The van der Waals surface area contributed by atoms with E-state index in [4.69, 9.17) is 4.98 Å². The number of benzene rings is 3. The summed E-state index contributed by atoms with van der Waals surface area (Å²) in [5.41, 5.74) is 3.94. The van der Waals surface area contributed by atoms with E-state index in [0.717, 1.165) is 16.7 Å². The molecule has 3 aromatic carbocycles. The summed E-state index contributed by atoms with van der Waals surface area (Å²) in [5.74, 6) is -0.891. The molecule has 160 valence electrons. The van der Waals surface area contributed by atoms with E-state index in [0.29, 0.717) is 30.0 Å². The van der Waals surface area contributed by atoms with Gasteiger partial charge >= 0.3 is 5.97 Å².